The Morgan fingerprint density at radius 1 is 1.32 bits per heavy atom. The molecule has 1 fully saturated rings. The van der Waals surface area contributed by atoms with Crippen molar-refractivity contribution in [2.24, 2.45) is 0 Å². The standard InChI is InChI=1S/C13H13ClN2O2S/c1-13(5-6-13)16-19(17,18)10-2-3-11-9(8-10)4-7-15-12(11)14/h2-4,7-8,16H,5-6H2,1H3. The molecular weight excluding hydrogens is 284 g/mol. The Morgan fingerprint density at radius 2 is 2.05 bits per heavy atom. The van der Waals surface area contributed by atoms with Crippen LogP contribution in [0.3, 0.4) is 0 Å². The summed E-state index contributed by atoms with van der Waals surface area (Å²) in [4.78, 5) is 4.23. The number of hydrogen-bond acceptors (Lipinski definition) is 3. The van der Waals surface area contributed by atoms with E-state index in [4.69, 9.17) is 11.6 Å². The average molecular weight is 297 g/mol. The summed E-state index contributed by atoms with van der Waals surface area (Å²) in [6.07, 6.45) is 3.34. The predicted octanol–water partition coefficient (Wildman–Crippen LogP) is 2.72. The molecule has 1 heterocycles. The Balaban J connectivity index is 2.06. The second-order valence-electron chi connectivity index (χ2n) is 5.15. The van der Waals surface area contributed by atoms with Crippen molar-refractivity contribution in [1.29, 1.82) is 0 Å². The lowest BCUT2D eigenvalue weighted by Gasteiger charge is -2.12. The number of hydrogen-bond donors (Lipinski definition) is 1. The lowest BCUT2D eigenvalue weighted by atomic mass is 10.2. The number of halogens is 1. The molecule has 19 heavy (non-hydrogen) atoms. The van der Waals surface area contributed by atoms with E-state index in [2.05, 4.69) is 9.71 Å². The normalized spacial score (nSPS) is 17.6. The number of nitrogens with one attached hydrogen (secondary N) is 1. The maximum absolute atomic E-state index is 12.3. The Morgan fingerprint density at radius 3 is 2.74 bits per heavy atom. The van der Waals surface area contributed by atoms with Gasteiger partial charge in [-0.3, -0.25) is 0 Å². The summed E-state index contributed by atoms with van der Waals surface area (Å²) in [6, 6.07) is 6.62. The van der Waals surface area contributed by atoms with Crippen LogP contribution in [0.15, 0.2) is 35.4 Å². The van der Waals surface area contributed by atoms with Crippen molar-refractivity contribution < 1.29 is 8.42 Å². The van der Waals surface area contributed by atoms with Crippen LogP contribution in [0, 0.1) is 0 Å². The van der Waals surface area contributed by atoms with Gasteiger partial charge in [0.15, 0.2) is 0 Å². The first kappa shape index (κ1) is 12.8. The molecule has 0 radical (unpaired) electrons. The third-order valence-electron chi connectivity index (χ3n) is 3.38. The van der Waals surface area contributed by atoms with E-state index in [1.165, 1.54) is 0 Å². The topological polar surface area (TPSA) is 59.1 Å². The van der Waals surface area contributed by atoms with Crippen LogP contribution in [0.1, 0.15) is 19.8 Å². The van der Waals surface area contributed by atoms with E-state index in [9.17, 15) is 8.42 Å². The van der Waals surface area contributed by atoms with E-state index < -0.39 is 10.0 Å². The number of sulfonamides is 1. The summed E-state index contributed by atoms with van der Waals surface area (Å²) in [6.45, 7) is 1.91. The van der Waals surface area contributed by atoms with Crippen molar-refractivity contribution in [3.8, 4) is 0 Å². The summed E-state index contributed by atoms with van der Waals surface area (Å²) >= 11 is 5.96. The first-order chi connectivity index (χ1) is 8.90. The quantitative estimate of drug-likeness (QED) is 0.886. The van der Waals surface area contributed by atoms with Crippen molar-refractivity contribution in [2.45, 2.75) is 30.2 Å². The van der Waals surface area contributed by atoms with Crippen molar-refractivity contribution in [1.82, 2.24) is 9.71 Å². The van der Waals surface area contributed by atoms with Crippen molar-refractivity contribution in [2.75, 3.05) is 0 Å². The number of rotatable bonds is 3. The fraction of sp³-hybridized carbons (Fsp3) is 0.308. The second kappa shape index (κ2) is 4.16. The molecule has 100 valence electrons. The van der Waals surface area contributed by atoms with Crippen LogP contribution in [0.25, 0.3) is 10.8 Å². The molecule has 1 saturated carbocycles. The van der Waals surface area contributed by atoms with Gasteiger partial charge < -0.3 is 0 Å². The van der Waals surface area contributed by atoms with E-state index in [-0.39, 0.29) is 10.4 Å². The zero-order chi connectivity index (χ0) is 13.7. The van der Waals surface area contributed by atoms with E-state index in [1.54, 1.807) is 30.5 Å². The van der Waals surface area contributed by atoms with Crippen LogP contribution < -0.4 is 4.72 Å². The van der Waals surface area contributed by atoms with Crippen LogP contribution in [0.2, 0.25) is 5.15 Å². The molecule has 2 aromatic rings. The highest BCUT2D eigenvalue weighted by atomic mass is 35.5. The lowest BCUT2D eigenvalue weighted by Crippen LogP contribution is -2.34. The molecule has 0 aliphatic heterocycles. The minimum Gasteiger partial charge on any atom is -0.244 e. The second-order valence-corrected chi connectivity index (χ2v) is 7.19. The molecule has 0 saturated heterocycles. The molecule has 1 N–H and O–H groups in total. The molecule has 6 heteroatoms. The molecule has 0 spiro atoms. The smallest absolute Gasteiger partial charge is 0.241 e. The average Bonchev–Trinajstić information content (AvgIpc) is 3.05. The van der Waals surface area contributed by atoms with Gasteiger partial charge in [-0.25, -0.2) is 18.1 Å². The molecule has 0 unspecified atom stereocenters. The molecule has 4 nitrogen and oxygen atoms in total. The molecule has 0 bridgehead atoms. The number of benzene rings is 1. The number of pyridine rings is 1. The summed E-state index contributed by atoms with van der Waals surface area (Å²) in [5, 5.41) is 1.90. The lowest BCUT2D eigenvalue weighted by molar-refractivity contribution is 0.558. The Labute approximate surface area is 116 Å². The van der Waals surface area contributed by atoms with Gasteiger partial charge in [0.05, 0.1) is 4.90 Å². The minimum atomic E-state index is -3.47. The Hall–Kier alpha value is -1.17. The Kier molecular flexibility index (Phi) is 2.81. The van der Waals surface area contributed by atoms with Gasteiger partial charge in [-0.1, -0.05) is 11.6 Å². The minimum absolute atomic E-state index is 0.260. The highest BCUT2D eigenvalue weighted by Crippen LogP contribution is 2.36. The SMILES string of the molecule is CC1(NS(=O)(=O)c2ccc3c(Cl)nccc3c2)CC1. The first-order valence-electron chi connectivity index (χ1n) is 5.98. The summed E-state index contributed by atoms with van der Waals surface area (Å²) in [5.74, 6) is 0. The van der Waals surface area contributed by atoms with Gasteiger partial charge >= 0.3 is 0 Å². The summed E-state index contributed by atoms with van der Waals surface area (Å²) in [5.41, 5.74) is -0.274. The zero-order valence-electron chi connectivity index (χ0n) is 10.4. The van der Waals surface area contributed by atoms with E-state index >= 15 is 0 Å². The molecule has 1 aliphatic carbocycles. The summed E-state index contributed by atoms with van der Waals surface area (Å²) < 4.78 is 27.2. The van der Waals surface area contributed by atoms with E-state index in [0.717, 1.165) is 23.6 Å². The van der Waals surface area contributed by atoms with Gasteiger partial charge in [0.2, 0.25) is 10.0 Å². The highest BCUT2D eigenvalue weighted by Gasteiger charge is 2.41. The number of nitrogens with zero attached hydrogens (tertiary/aromatic N) is 1. The van der Waals surface area contributed by atoms with E-state index in [1.807, 2.05) is 6.92 Å². The summed E-state index contributed by atoms with van der Waals surface area (Å²) in [7, 11) is -3.47. The van der Waals surface area contributed by atoms with Crippen molar-refractivity contribution >= 4 is 32.4 Å². The molecule has 1 aromatic heterocycles. The van der Waals surface area contributed by atoms with Crippen molar-refractivity contribution in [3.05, 3.63) is 35.6 Å². The fourth-order valence-electron chi connectivity index (χ4n) is 1.96. The maximum atomic E-state index is 12.3. The molecule has 0 atom stereocenters. The largest absolute Gasteiger partial charge is 0.244 e. The molecule has 1 aromatic carbocycles. The molecule has 3 rings (SSSR count). The van der Waals surface area contributed by atoms with Gasteiger partial charge in [0, 0.05) is 17.1 Å². The van der Waals surface area contributed by atoms with Gasteiger partial charge in [-0.05, 0) is 49.4 Å². The highest BCUT2D eigenvalue weighted by molar-refractivity contribution is 7.89. The van der Waals surface area contributed by atoms with Crippen LogP contribution >= 0.6 is 11.6 Å². The molecule has 1 aliphatic rings. The first-order valence-corrected chi connectivity index (χ1v) is 7.84. The maximum Gasteiger partial charge on any atom is 0.241 e. The van der Waals surface area contributed by atoms with Crippen LogP contribution in [0.4, 0.5) is 0 Å². The fourth-order valence-corrected chi connectivity index (χ4v) is 3.69. The predicted molar refractivity (Wildman–Crippen MR) is 74.7 cm³/mol. The van der Waals surface area contributed by atoms with E-state index in [0.29, 0.717) is 5.15 Å². The van der Waals surface area contributed by atoms with Gasteiger partial charge in [-0.15, -0.1) is 0 Å². The monoisotopic (exact) mass is 296 g/mol. The number of fused-ring (bicyclic) bond motifs is 1. The van der Waals surface area contributed by atoms with Gasteiger partial charge in [-0.2, -0.15) is 0 Å². The van der Waals surface area contributed by atoms with Gasteiger partial charge in [0.25, 0.3) is 0 Å². The molecular formula is C13H13ClN2O2S. The van der Waals surface area contributed by atoms with Gasteiger partial charge in [0.1, 0.15) is 5.15 Å². The third kappa shape index (κ3) is 2.45. The van der Waals surface area contributed by atoms with Crippen molar-refractivity contribution in [3.63, 3.8) is 0 Å². The Bertz CT molecular complexity index is 754. The number of aromatic nitrogens is 1. The third-order valence-corrected chi connectivity index (χ3v) is 5.32. The van der Waals surface area contributed by atoms with Crippen LogP contribution in [-0.2, 0) is 10.0 Å². The molecule has 0 amide bonds. The van der Waals surface area contributed by atoms with Crippen LogP contribution in [0.5, 0.6) is 0 Å². The van der Waals surface area contributed by atoms with Crippen LogP contribution in [-0.4, -0.2) is 18.9 Å². The zero-order valence-corrected chi connectivity index (χ0v) is 11.9.